The van der Waals surface area contributed by atoms with E-state index in [0.29, 0.717) is 30.8 Å². The van der Waals surface area contributed by atoms with E-state index in [2.05, 4.69) is 15.4 Å². The zero-order chi connectivity index (χ0) is 24.4. The van der Waals surface area contributed by atoms with Gasteiger partial charge in [0.15, 0.2) is 5.75 Å². The average Bonchev–Trinajstić information content (AvgIpc) is 3.38. The van der Waals surface area contributed by atoms with Crippen LogP contribution in [0, 0.1) is 5.82 Å². The Balaban J connectivity index is 1.34. The van der Waals surface area contributed by atoms with Gasteiger partial charge in [-0.2, -0.15) is 5.10 Å². The predicted octanol–water partition coefficient (Wildman–Crippen LogP) is 5.00. The van der Waals surface area contributed by atoms with Crippen LogP contribution in [-0.4, -0.2) is 30.9 Å². The molecule has 5 aromatic rings. The second kappa shape index (κ2) is 9.34. The van der Waals surface area contributed by atoms with Gasteiger partial charge in [0.2, 0.25) is 5.88 Å². The van der Waals surface area contributed by atoms with Crippen molar-refractivity contribution in [2.45, 2.75) is 19.4 Å². The molecule has 0 bridgehead atoms. The molecule has 0 spiro atoms. The molecule has 0 radical (unpaired) electrons. The smallest absolute Gasteiger partial charge is 0.264 e. The largest absolute Gasteiger partial charge is 0.505 e. The molecule has 2 aromatic heterocycles. The number of fused-ring (bicyclic) bond motifs is 1. The lowest BCUT2D eigenvalue weighted by molar-refractivity contribution is 0.102. The number of halogens is 1. The number of aromatic amines is 1. The molecular formula is C27H23FN4O3. The lowest BCUT2D eigenvalue weighted by Crippen LogP contribution is -2.11. The van der Waals surface area contributed by atoms with Gasteiger partial charge < -0.3 is 20.5 Å². The lowest BCUT2D eigenvalue weighted by Gasteiger charge is -2.08. The van der Waals surface area contributed by atoms with Crippen LogP contribution in [0.3, 0.4) is 0 Å². The first-order chi connectivity index (χ1) is 17.0. The zero-order valence-corrected chi connectivity index (χ0v) is 18.7. The number of rotatable bonds is 7. The van der Waals surface area contributed by atoms with Gasteiger partial charge in [0.1, 0.15) is 11.4 Å². The van der Waals surface area contributed by atoms with Crippen molar-refractivity contribution in [2.75, 3.05) is 5.32 Å². The highest BCUT2D eigenvalue weighted by molar-refractivity contribution is 6.08. The summed E-state index contributed by atoms with van der Waals surface area (Å²) in [5, 5.41) is 28.9. The van der Waals surface area contributed by atoms with Crippen molar-refractivity contribution in [3.8, 4) is 11.6 Å². The molecule has 176 valence electrons. The van der Waals surface area contributed by atoms with Gasteiger partial charge in [-0.3, -0.25) is 9.48 Å². The Bertz CT molecular complexity index is 1490. The number of H-pyrrole nitrogens is 1. The van der Waals surface area contributed by atoms with E-state index in [1.54, 1.807) is 35.1 Å². The van der Waals surface area contributed by atoms with Crippen LogP contribution in [0.2, 0.25) is 0 Å². The number of amides is 1. The van der Waals surface area contributed by atoms with Gasteiger partial charge in [-0.05, 0) is 54.3 Å². The number of nitrogens with zero attached hydrogens (tertiary/aromatic N) is 2. The zero-order valence-electron chi connectivity index (χ0n) is 18.7. The molecule has 5 rings (SSSR count). The summed E-state index contributed by atoms with van der Waals surface area (Å²) in [5.74, 6) is -1.58. The highest BCUT2D eigenvalue weighted by Gasteiger charge is 2.23. The highest BCUT2D eigenvalue weighted by atomic mass is 19.1. The molecule has 0 aliphatic carbocycles. The van der Waals surface area contributed by atoms with Crippen LogP contribution in [-0.2, 0) is 19.4 Å². The highest BCUT2D eigenvalue weighted by Crippen LogP contribution is 2.32. The van der Waals surface area contributed by atoms with Crippen molar-refractivity contribution in [2.24, 2.45) is 0 Å². The second-order valence-electron chi connectivity index (χ2n) is 8.32. The maximum absolute atomic E-state index is 13.2. The van der Waals surface area contributed by atoms with E-state index >= 15 is 0 Å². The standard InChI is InChI=1S/C27H23FN4O3/c28-20-10-6-18(7-11-20)16-32-23-14-21(12-9-19(23)15-29-32)30-26(34)24-25(33)22(31-27(24)35)13-8-17-4-2-1-3-5-17/h1-7,9-12,14-15,31,33,35H,8,13,16H2,(H,30,34). The number of benzene rings is 3. The maximum Gasteiger partial charge on any atom is 0.264 e. The summed E-state index contributed by atoms with van der Waals surface area (Å²) < 4.78 is 15.0. The number of hydrogen-bond acceptors (Lipinski definition) is 4. The number of carbonyl (C=O) groups is 1. The molecule has 0 fully saturated rings. The predicted molar refractivity (Wildman–Crippen MR) is 131 cm³/mol. The first-order valence-corrected chi connectivity index (χ1v) is 11.2. The minimum absolute atomic E-state index is 0.201. The average molecular weight is 471 g/mol. The third-order valence-corrected chi connectivity index (χ3v) is 5.91. The molecule has 4 N–H and O–H groups in total. The summed E-state index contributed by atoms with van der Waals surface area (Å²) in [6, 6.07) is 21.2. The van der Waals surface area contributed by atoms with Gasteiger partial charge in [-0.15, -0.1) is 0 Å². The van der Waals surface area contributed by atoms with Gasteiger partial charge in [0.05, 0.1) is 24.0 Å². The summed E-state index contributed by atoms with van der Waals surface area (Å²) in [4.78, 5) is 15.6. The van der Waals surface area contributed by atoms with Crippen LogP contribution < -0.4 is 5.32 Å². The van der Waals surface area contributed by atoms with Gasteiger partial charge in [-0.25, -0.2) is 4.39 Å². The number of aromatic hydroxyl groups is 2. The fourth-order valence-electron chi connectivity index (χ4n) is 4.07. The molecule has 35 heavy (non-hydrogen) atoms. The number of aryl methyl sites for hydroxylation is 2. The Morgan fingerprint density at radius 3 is 2.51 bits per heavy atom. The van der Waals surface area contributed by atoms with Crippen LogP contribution in [0.1, 0.15) is 27.2 Å². The maximum atomic E-state index is 13.2. The van der Waals surface area contributed by atoms with Crippen molar-refractivity contribution in [3.05, 3.63) is 107 Å². The van der Waals surface area contributed by atoms with Gasteiger partial charge >= 0.3 is 0 Å². The number of hydrogen-bond donors (Lipinski definition) is 4. The van der Waals surface area contributed by atoms with Gasteiger partial charge in [0.25, 0.3) is 5.91 Å². The molecular weight excluding hydrogens is 447 g/mol. The third kappa shape index (κ3) is 4.72. The Kier molecular flexibility index (Phi) is 5.93. The fourth-order valence-corrected chi connectivity index (χ4v) is 4.07. The lowest BCUT2D eigenvalue weighted by atomic mass is 10.1. The molecule has 3 aromatic carbocycles. The van der Waals surface area contributed by atoms with Crippen molar-refractivity contribution in [3.63, 3.8) is 0 Å². The third-order valence-electron chi connectivity index (χ3n) is 5.91. The van der Waals surface area contributed by atoms with E-state index in [1.165, 1.54) is 12.1 Å². The molecule has 2 heterocycles. The van der Waals surface area contributed by atoms with Crippen LogP contribution in [0.5, 0.6) is 11.6 Å². The number of nitrogens with one attached hydrogen (secondary N) is 2. The van der Waals surface area contributed by atoms with Gasteiger partial charge in [-0.1, -0.05) is 42.5 Å². The number of carbonyl (C=O) groups excluding carboxylic acids is 1. The van der Waals surface area contributed by atoms with E-state index in [4.69, 9.17) is 0 Å². The summed E-state index contributed by atoms with van der Waals surface area (Å²) in [6.45, 7) is 0.436. The molecule has 0 saturated heterocycles. The topological polar surface area (TPSA) is 103 Å². The SMILES string of the molecule is O=C(Nc1ccc2cnn(Cc3ccc(F)cc3)c2c1)c1c(O)[nH]c(CCc2ccccc2)c1O. The van der Waals surface area contributed by atoms with Crippen LogP contribution in [0.15, 0.2) is 79.0 Å². The Morgan fingerprint density at radius 1 is 0.971 bits per heavy atom. The van der Waals surface area contributed by atoms with Crippen molar-refractivity contribution >= 4 is 22.5 Å². The Hall–Kier alpha value is -4.59. The molecule has 0 atom stereocenters. The van der Waals surface area contributed by atoms with E-state index in [0.717, 1.165) is 22.0 Å². The monoisotopic (exact) mass is 470 g/mol. The summed E-state index contributed by atoms with van der Waals surface area (Å²) in [6.07, 6.45) is 2.79. The van der Waals surface area contributed by atoms with Crippen molar-refractivity contribution < 1.29 is 19.4 Å². The molecule has 0 aliphatic heterocycles. The molecule has 7 nitrogen and oxygen atoms in total. The minimum atomic E-state index is -0.633. The van der Waals surface area contributed by atoms with Crippen LogP contribution >= 0.6 is 0 Å². The van der Waals surface area contributed by atoms with E-state index in [-0.39, 0.29) is 23.0 Å². The summed E-state index contributed by atoms with van der Waals surface area (Å²) >= 11 is 0. The summed E-state index contributed by atoms with van der Waals surface area (Å²) in [7, 11) is 0. The van der Waals surface area contributed by atoms with E-state index in [9.17, 15) is 19.4 Å². The molecule has 0 unspecified atom stereocenters. The van der Waals surface area contributed by atoms with E-state index < -0.39 is 5.91 Å². The van der Waals surface area contributed by atoms with Crippen molar-refractivity contribution in [1.82, 2.24) is 14.8 Å². The second-order valence-corrected chi connectivity index (χ2v) is 8.32. The quantitative estimate of drug-likeness (QED) is 0.269. The Morgan fingerprint density at radius 2 is 1.74 bits per heavy atom. The number of aromatic nitrogens is 3. The minimum Gasteiger partial charge on any atom is -0.505 e. The molecule has 0 aliphatic rings. The van der Waals surface area contributed by atoms with Gasteiger partial charge in [0, 0.05) is 11.1 Å². The van der Waals surface area contributed by atoms with Crippen LogP contribution in [0.25, 0.3) is 10.9 Å². The molecule has 1 amide bonds. The summed E-state index contributed by atoms with van der Waals surface area (Å²) in [5.41, 5.74) is 3.42. The first kappa shape index (κ1) is 22.2. The first-order valence-electron chi connectivity index (χ1n) is 11.2. The van der Waals surface area contributed by atoms with Crippen molar-refractivity contribution in [1.29, 1.82) is 0 Å². The normalized spacial score (nSPS) is 11.1. The van der Waals surface area contributed by atoms with Crippen LogP contribution in [0.4, 0.5) is 10.1 Å². The Labute approximate surface area is 200 Å². The molecule has 0 saturated carbocycles. The number of anilines is 1. The molecule has 8 heteroatoms. The van der Waals surface area contributed by atoms with E-state index in [1.807, 2.05) is 36.4 Å². The fraction of sp³-hybridized carbons (Fsp3) is 0.111.